The molecule has 0 aromatic rings. The maximum atomic E-state index is 5.97. The molecular formula is C2HN3. The average Bonchev–Trinajstić information content (AvgIpc) is 1.41. The molecule has 3 nitrogen and oxygen atoms in total. The van der Waals surface area contributed by atoms with Crippen LogP contribution in [0.1, 0.15) is 0 Å². The third kappa shape index (κ3) is 2.87. The molecule has 0 saturated heterocycles. The van der Waals surface area contributed by atoms with E-state index in [2.05, 4.69) is 10.1 Å². The van der Waals surface area contributed by atoms with E-state index >= 15 is 0 Å². The highest BCUT2D eigenvalue weighted by Gasteiger charge is 1.43. The lowest BCUT2D eigenvalue weighted by Gasteiger charge is -1.35. The van der Waals surface area contributed by atoms with Gasteiger partial charge in [0.15, 0.2) is 11.1 Å². The summed E-state index contributed by atoms with van der Waals surface area (Å²) in [6.45, 7) is 5.88. The van der Waals surface area contributed by atoms with Crippen molar-refractivity contribution in [3.8, 4) is 0 Å². The zero-order chi connectivity index (χ0) is 4.12. The lowest BCUT2D eigenvalue weighted by atomic mass is 11.5. The van der Waals surface area contributed by atoms with Gasteiger partial charge < -0.3 is 0 Å². The van der Waals surface area contributed by atoms with Crippen molar-refractivity contribution in [1.82, 2.24) is 0 Å². The van der Waals surface area contributed by atoms with Crippen molar-refractivity contribution < 1.29 is 0 Å². The van der Waals surface area contributed by atoms with Crippen LogP contribution in [0.4, 0.5) is 0 Å². The fraction of sp³-hybridized carbons (Fsp3) is 0. The van der Waals surface area contributed by atoms with Crippen molar-refractivity contribution in [3.63, 3.8) is 0 Å². The van der Waals surface area contributed by atoms with E-state index in [-0.39, 0.29) is 0 Å². The minimum Gasteiger partial charge on any atom is -0.235 e. The first-order chi connectivity index (χ1) is 2.41. The van der Waals surface area contributed by atoms with Gasteiger partial charge in [0.05, 0.1) is 0 Å². The molecule has 1 N–H and O–H groups in total. The van der Waals surface area contributed by atoms with Crippen molar-refractivity contribution in [2.24, 2.45) is 5.10 Å². The molecule has 0 saturated carbocycles. The predicted octanol–water partition coefficient (Wildman–Crippen LogP) is 0.573. The van der Waals surface area contributed by atoms with Crippen molar-refractivity contribution >= 4 is 6.01 Å². The third-order valence-electron chi connectivity index (χ3n) is 0.100. The maximum Gasteiger partial charge on any atom is 0.178 e. The molecule has 0 rings (SSSR count). The number of nitrogens with zero attached hydrogens (tertiary/aromatic N) is 2. The SMILES string of the molecule is [C-]#[N+]N=C=N. The lowest BCUT2D eigenvalue weighted by molar-refractivity contribution is 1.50. The first-order valence-corrected chi connectivity index (χ1v) is 0.897. The van der Waals surface area contributed by atoms with Crippen LogP contribution in [0.3, 0.4) is 0 Å². The standard InChI is InChI=1S/C2HN3/c1-4-5-2-3/h3H. The van der Waals surface area contributed by atoms with Crippen LogP contribution in [-0.2, 0) is 0 Å². The molecular weight excluding hydrogens is 66.0 g/mol. The second-order valence-electron chi connectivity index (χ2n) is 0.312. The van der Waals surface area contributed by atoms with Gasteiger partial charge in [-0.3, -0.25) is 0 Å². The summed E-state index contributed by atoms with van der Waals surface area (Å²) in [5.74, 6) is 0. The Bertz CT molecular complexity index is 92.0. The molecule has 0 heterocycles. The molecule has 0 radical (unpaired) electrons. The summed E-state index contributed by atoms with van der Waals surface area (Å²) in [6, 6.07) is 1.54. The van der Waals surface area contributed by atoms with Gasteiger partial charge in [0.2, 0.25) is 0 Å². The number of hydrogen-bond acceptors (Lipinski definition) is 2. The highest BCUT2D eigenvalue weighted by molar-refractivity contribution is 5.36. The molecule has 0 spiro atoms. The summed E-state index contributed by atoms with van der Waals surface area (Å²) in [5.41, 5.74) is 0. The molecule has 0 bridgehead atoms. The van der Waals surface area contributed by atoms with Crippen molar-refractivity contribution in [1.29, 1.82) is 5.41 Å². The smallest absolute Gasteiger partial charge is 0.178 e. The van der Waals surface area contributed by atoms with Crippen LogP contribution in [0.25, 0.3) is 4.95 Å². The lowest BCUT2D eigenvalue weighted by Crippen LogP contribution is -1.30. The first-order valence-electron chi connectivity index (χ1n) is 0.897. The summed E-state index contributed by atoms with van der Waals surface area (Å²) in [6.07, 6.45) is 0. The van der Waals surface area contributed by atoms with E-state index in [1.165, 1.54) is 6.01 Å². The van der Waals surface area contributed by atoms with Gasteiger partial charge in [-0.2, -0.15) is 6.57 Å². The molecule has 0 unspecified atom stereocenters. The molecule has 0 atom stereocenters. The van der Waals surface area contributed by atoms with Crippen LogP contribution < -0.4 is 0 Å². The van der Waals surface area contributed by atoms with Crippen molar-refractivity contribution in [3.05, 3.63) is 11.5 Å². The van der Waals surface area contributed by atoms with Crippen molar-refractivity contribution in [2.45, 2.75) is 0 Å². The predicted molar refractivity (Wildman–Crippen MR) is 16.8 cm³/mol. The molecule has 0 aliphatic carbocycles. The molecule has 0 fully saturated rings. The maximum absolute atomic E-state index is 5.97. The fourth-order valence-electron chi connectivity index (χ4n) is 0.0250. The summed E-state index contributed by atoms with van der Waals surface area (Å²) in [5, 5.41) is 8.65. The van der Waals surface area contributed by atoms with Gasteiger partial charge >= 0.3 is 0 Å². The fourth-order valence-corrected chi connectivity index (χ4v) is 0.0250. The van der Waals surface area contributed by atoms with Crippen LogP contribution in [0.5, 0.6) is 0 Å². The largest absolute Gasteiger partial charge is 0.235 e. The van der Waals surface area contributed by atoms with Gasteiger partial charge in [-0.1, -0.05) is 0 Å². The van der Waals surface area contributed by atoms with E-state index in [0.29, 0.717) is 0 Å². The number of rotatable bonds is 0. The van der Waals surface area contributed by atoms with Gasteiger partial charge in [0.1, 0.15) is 0 Å². The molecule has 5 heavy (non-hydrogen) atoms. The van der Waals surface area contributed by atoms with E-state index in [0.717, 1.165) is 0 Å². The molecule has 0 aliphatic heterocycles. The molecule has 0 amide bonds. The van der Waals surface area contributed by atoms with E-state index in [9.17, 15) is 0 Å². The second kappa shape index (κ2) is 2.87. The van der Waals surface area contributed by atoms with Crippen molar-refractivity contribution in [2.75, 3.05) is 0 Å². The molecule has 24 valence electrons. The Hall–Kier alpha value is -1.13. The highest BCUT2D eigenvalue weighted by atomic mass is 15.2. The van der Waals surface area contributed by atoms with Gasteiger partial charge in [-0.25, -0.2) is 5.41 Å². The summed E-state index contributed by atoms with van der Waals surface area (Å²) < 4.78 is 0. The van der Waals surface area contributed by atoms with E-state index in [1.807, 2.05) is 0 Å². The average molecular weight is 67.1 g/mol. The highest BCUT2D eigenvalue weighted by Crippen LogP contribution is 1.52. The minimum atomic E-state index is 1.54. The number of nitrogens with one attached hydrogen (secondary N) is 1. The number of hydrogen-bond donors (Lipinski definition) is 1. The quantitative estimate of drug-likeness (QED) is 0.244. The van der Waals surface area contributed by atoms with E-state index < -0.39 is 0 Å². The molecule has 3 heteroatoms. The topological polar surface area (TPSA) is 40.6 Å². The minimum absolute atomic E-state index is 1.54. The Morgan fingerprint density at radius 3 is 2.60 bits per heavy atom. The van der Waals surface area contributed by atoms with Crippen LogP contribution in [0.2, 0.25) is 0 Å². The van der Waals surface area contributed by atoms with Crippen LogP contribution >= 0.6 is 0 Å². The molecule has 0 aromatic carbocycles. The molecule has 0 aromatic heterocycles. The van der Waals surface area contributed by atoms with Gasteiger partial charge in [-0.05, 0) is 0 Å². The second-order valence-corrected chi connectivity index (χ2v) is 0.312. The van der Waals surface area contributed by atoms with E-state index in [4.69, 9.17) is 12.0 Å². The first kappa shape index (κ1) is 3.87. The van der Waals surface area contributed by atoms with Crippen LogP contribution in [0, 0.1) is 12.0 Å². The Morgan fingerprint density at radius 1 is 2.00 bits per heavy atom. The Kier molecular flexibility index (Phi) is 2.22. The zero-order valence-corrected chi connectivity index (χ0v) is 2.39. The zero-order valence-electron chi connectivity index (χ0n) is 2.39. The van der Waals surface area contributed by atoms with Gasteiger partial charge in [-0.15, -0.1) is 4.95 Å². The molecule has 0 aliphatic rings. The van der Waals surface area contributed by atoms with Gasteiger partial charge in [0.25, 0.3) is 0 Å². The van der Waals surface area contributed by atoms with Crippen LogP contribution in [0.15, 0.2) is 5.10 Å². The van der Waals surface area contributed by atoms with Crippen LogP contribution in [-0.4, -0.2) is 6.01 Å². The summed E-state index contributed by atoms with van der Waals surface area (Å²) in [7, 11) is 0. The van der Waals surface area contributed by atoms with E-state index in [1.54, 1.807) is 0 Å². The Balaban J connectivity index is 3.46. The third-order valence-corrected chi connectivity index (χ3v) is 0.100. The Labute approximate surface area is 29.3 Å². The summed E-state index contributed by atoms with van der Waals surface area (Å²) >= 11 is 0. The Morgan fingerprint density at radius 2 is 2.60 bits per heavy atom. The monoisotopic (exact) mass is 67.0 g/mol. The summed E-state index contributed by atoms with van der Waals surface area (Å²) in [4.78, 5) is 2.43. The normalized spacial score (nSPS) is 3.80. The van der Waals surface area contributed by atoms with Gasteiger partial charge in [0, 0.05) is 0 Å².